The van der Waals surface area contributed by atoms with Crippen molar-refractivity contribution >= 4 is 23.4 Å². The zero-order chi connectivity index (χ0) is 21.5. The summed E-state index contributed by atoms with van der Waals surface area (Å²) in [6.45, 7) is 6.15. The number of hydrogen-bond acceptors (Lipinski definition) is 5. The number of anilines is 1. The number of allylic oxidation sites excluding steroid dienone is 1. The van der Waals surface area contributed by atoms with Gasteiger partial charge in [0.15, 0.2) is 5.16 Å². The highest BCUT2D eigenvalue weighted by molar-refractivity contribution is 7.99. The summed E-state index contributed by atoms with van der Waals surface area (Å²) in [4.78, 5) is 12.3. The van der Waals surface area contributed by atoms with Crippen LogP contribution in [0, 0.1) is 12.7 Å². The molecule has 0 radical (unpaired) electrons. The summed E-state index contributed by atoms with van der Waals surface area (Å²) >= 11 is 1.28. The van der Waals surface area contributed by atoms with Crippen LogP contribution in [-0.2, 0) is 17.8 Å². The SMILES string of the molecule is C=CCn1c(Cc2ccc(OC)cc2)nnc1SCC(=O)Nc1cc(F)ccc1C. The van der Waals surface area contributed by atoms with E-state index in [1.165, 1.54) is 23.9 Å². The van der Waals surface area contributed by atoms with Gasteiger partial charge in [0.05, 0.1) is 12.9 Å². The van der Waals surface area contributed by atoms with Crippen LogP contribution >= 0.6 is 11.8 Å². The first-order chi connectivity index (χ1) is 14.5. The molecule has 1 heterocycles. The van der Waals surface area contributed by atoms with E-state index in [0.717, 1.165) is 22.7 Å². The molecule has 1 N–H and O–H groups in total. The molecule has 0 fully saturated rings. The topological polar surface area (TPSA) is 69.0 Å². The summed E-state index contributed by atoms with van der Waals surface area (Å²) in [5.41, 5.74) is 2.34. The number of amides is 1. The van der Waals surface area contributed by atoms with E-state index in [-0.39, 0.29) is 11.7 Å². The van der Waals surface area contributed by atoms with Gasteiger partial charge in [-0.2, -0.15) is 0 Å². The van der Waals surface area contributed by atoms with Gasteiger partial charge in [-0.1, -0.05) is 36.0 Å². The molecule has 0 aliphatic heterocycles. The van der Waals surface area contributed by atoms with E-state index in [9.17, 15) is 9.18 Å². The molecule has 8 heteroatoms. The molecule has 1 aromatic heterocycles. The number of carbonyl (C=O) groups excluding carboxylic acids is 1. The molecule has 2 aromatic carbocycles. The fourth-order valence-corrected chi connectivity index (χ4v) is 3.61. The van der Waals surface area contributed by atoms with Crippen molar-refractivity contribution < 1.29 is 13.9 Å². The van der Waals surface area contributed by atoms with Crippen LogP contribution in [0.1, 0.15) is 17.0 Å². The molecule has 0 unspecified atom stereocenters. The molecule has 0 atom stereocenters. The predicted molar refractivity (Wildman–Crippen MR) is 117 cm³/mol. The smallest absolute Gasteiger partial charge is 0.234 e. The Labute approximate surface area is 179 Å². The Morgan fingerprint density at radius 1 is 1.27 bits per heavy atom. The quantitative estimate of drug-likeness (QED) is 0.409. The Morgan fingerprint density at radius 2 is 2.03 bits per heavy atom. The van der Waals surface area contributed by atoms with Gasteiger partial charge >= 0.3 is 0 Å². The van der Waals surface area contributed by atoms with E-state index in [4.69, 9.17) is 4.74 Å². The van der Waals surface area contributed by atoms with Crippen LogP contribution < -0.4 is 10.1 Å². The lowest BCUT2D eigenvalue weighted by atomic mass is 10.1. The van der Waals surface area contributed by atoms with Crippen molar-refractivity contribution in [2.24, 2.45) is 0 Å². The number of nitrogens with one attached hydrogen (secondary N) is 1. The first-order valence-corrected chi connectivity index (χ1v) is 10.3. The number of nitrogens with zero attached hydrogens (tertiary/aromatic N) is 3. The van der Waals surface area contributed by atoms with Crippen LogP contribution in [0.4, 0.5) is 10.1 Å². The lowest BCUT2D eigenvalue weighted by Gasteiger charge is -2.10. The van der Waals surface area contributed by atoms with Crippen molar-refractivity contribution in [1.82, 2.24) is 14.8 Å². The third-order valence-electron chi connectivity index (χ3n) is 4.43. The van der Waals surface area contributed by atoms with Gasteiger partial charge in [-0.15, -0.1) is 16.8 Å². The molecule has 30 heavy (non-hydrogen) atoms. The number of thioether (sulfide) groups is 1. The summed E-state index contributed by atoms with van der Waals surface area (Å²) in [6, 6.07) is 12.1. The lowest BCUT2D eigenvalue weighted by molar-refractivity contribution is -0.113. The molecule has 3 aromatic rings. The molecule has 0 spiro atoms. The minimum atomic E-state index is -0.391. The number of aromatic nitrogens is 3. The highest BCUT2D eigenvalue weighted by Crippen LogP contribution is 2.21. The molecule has 1 amide bonds. The fourth-order valence-electron chi connectivity index (χ4n) is 2.84. The van der Waals surface area contributed by atoms with E-state index in [0.29, 0.717) is 23.8 Å². The average molecular weight is 427 g/mol. The minimum Gasteiger partial charge on any atom is -0.497 e. The number of carbonyl (C=O) groups is 1. The van der Waals surface area contributed by atoms with Crippen LogP contribution in [0.15, 0.2) is 60.3 Å². The van der Waals surface area contributed by atoms with Gasteiger partial charge in [0, 0.05) is 18.7 Å². The number of hydrogen-bond donors (Lipinski definition) is 1. The van der Waals surface area contributed by atoms with Crippen molar-refractivity contribution in [3.05, 3.63) is 77.9 Å². The second-order valence-electron chi connectivity index (χ2n) is 6.62. The van der Waals surface area contributed by atoms with Gasteiger partial charge in [0.25, 0.3) is 0 Å². The largest absolute Gasteiger partial charge is 0.497 e. The van der Waals surface area contributed by atoms with Crippen LogP contribution in [0.5, 0.6) is 5.75 Å². The zero-order valence-electron chi connectivity index (χ0n) is 16.9. The van der Waals surface area contributed by atoms with E-state index in [1.54, 1.807) is 19.3 Å². The predicted octanol–water partition coefficient (Wildman–Crippen LogP) is 4.24. The van der Waals surface area contributed by atoms with Gasteiger partial charge in [-0.3, -0.25) is 4.79 Å². The third kappa shape index (κ3) is 5.48. The highest BCUT2D eigenvalue weighted by atomic mass is 32.2. The van der Waals surface area contributed by atoms with Gasteiger partial charge in [0.2, 0.25) is 5.91 Å². The maximum atomic E-state index is 13.4. The van der Waals surface area contributed by atoms with Crippen LogP contribution in [-0.4, -0.2) is 33.5 Å². The number of ether oxygens (including phenoxy) is 1. The van der Waals surface area contributed by atoms with Crippen LogP contribution in [0.3, 0.4) is 0 Å². The van der Waals surface area contributed by atoms with Crippen molar-refractivity contribution in [3.8, 4) is 5.75 Å². The van der Waals surface area contributed by atoms with Crippen molar-refractivity contribution in [2.75, 3.05) is 18.2 Å². The van der Waals surface area contributed by atoms with E-state index >= 15 is 0 Å². The molecule has 0 bridgehead atoms. The number of benzene rings is 2. The summed E-state index contributed by atoms with van der Waals surface area (Å²) in [5, 5.41) is 11.9. The molecule has 0 aliphatic carbocycles. The van der Waals surface area contributed by atoms with E-state index < -0.39 is 5.82 Å². The number of aryl methyl sites for hydroxylation is 1. The van der Waals surface area contributed by atoms with Gasteiger partial charge < -0.3 is 14.6 Å². The van der Waals surface area contributed by atoms with Crippen molar-refractivity contribution in [3.63, 3.8) is 0 Å². The van der Waals surface area contributed by atoms with Crippen LogP contribution in [0.2, 0.25) is 0 Å². The fraction of sp³-hybridized carbons (Fsp3) is 0.227. The Morgan fingerprint density at radius 3 is 2.73 bits per heavy atom. The van der Waals surface area contributed by atoms with Crippen LogP contribution in [0.25, 0.3) is 0 Å². The normalized spacial score (nSPS) is 10.6. The standard InChI is InChI=1S/C22H23FN4O2S/c1-4-11-27-20(12-16-6-9-18(29-3)10-7-16)25-26-22(27)30-14-21(28)24-19-13-17(23)8-5-15(19)2/h4-10,13H,1,11-12,14H2,2-3H3,(H,24,28). The van der Waals surface area contributed by atoms with Crippen molar-refractivity contribution in [2.45, 2.75) is 25.0 Å². The molecule has 0 saturated heterocycles. The van der Waals surface area contributed by atoms with E-state index in [1.807, 2.05) is 35.8 Å². The Bertz CT molecular complexity index is 1030. The first-order valence-electron chi connectivity index (χ1n) is 9.35. The summed E-state index contributed by atoms with van der Waals surface area (Å²) in [6.07, 6.45) is 2.36. The molecular weight excluding hydrogens is 403 g/mol. The first kappa shape index (κ1) is 21.6. The Balaban J connectivity index is 1.67. The second kappa shape index (κ2) is 10.1. The molecule has 6 nitrogen and oxygen atoms in total. The third-order valence-corrected chi connectivity index (χ3v) is 5.40. The number of methoxy groups -OCH3 is 1. The Hall–Kier alpha value is -3.13. The molecular formula is C22H23FN4O2S. The number of rotatable bonds is 9. The summed E-state index contributed by atoms with van der Waals surface area (Å²) in [5.74, 6) is 1.08. The van der Waals surface area contributed by atoms with Gasteiger partial charge in [0.1, 0.15) is 17.4 Å². The lowest BCUT2D eigenvalue weighted by Crippen LogP contribution is -2.15. The molecule has 0 saturated carbocycles. The molecule has 156 valence electrons. The maximum absolute atomic E-state index is 13.4. The monoisotopic (exact) mass is 426 g/mol. The number of halogens is 1. The van der Waals surface area contributed by atoms with Crippen molar-refractivity contribution in [1.29, 1.82) is 0 Å². The zero-order valence-corrected chi connectivity index (χ0v) is 17.7. The molecule has 3 rings (SSSR count). The maximum Gasteiger partial charge on any atom is 0.234 e. The molecule has 0 aliphatic rings. The van der Waals surface area contributed by atoms with Gasteiger partial charge in [-0.05, 0) is 42.3 Å². The highest BCUT2D eigenvalue weighted by Gasteiger charge is 2.15. The summed E-state index contributed by atoms with van der Waals surface area (Å²) < 4.78 is 20.5. The average Bonchev–Trinajstić information content (AvgIpc) is 3.11. The summed E-state index contributed by atoms with van der Waals surface area (Å²) in [7, 11) is 1.63. The Kier molecular flexibility index (Phi) is 7.24. The van der Waals surface area contributed by atoms with Gasteiger partial charge in [-0.25, -0.2) is 4.39 Å². The van der Waals surface area contributed by atoms with E-state index in [2.05, 4.69) is 22.1 Å². The minimum absolute atomic E-state index is 0.133. The second-order valence-corrected chi connectivity index (χ2v) is 7.56.